The number of carboxylic acids is 1. The highest BCUT2D eigenvalue weighted by Crippen LogP contribution is 2.22. The van der Waals surface area contributed by atoms with Gasteiger partial charge in [-0.1, -0.05) is 106 Å². The minimum atomic E-state index is -1.83. The number of guanidine groups is 1. The maximum absolute atomic E-state index is 15.0. The van der Waals surface area contributed by atoms with E-state index in [1.165, 1.54) is 41.7 Å². The van der Waals surface area contributed by atoms with Gasteiger partial charge in [0.1, 0.15) is 78.3 Å². The number of phenols is 1. The van der Waals surface area contributed by atoms with Crippen LogP contribution in [0.25, 0.3) is 0 Å². The number of hydrogen-bond donors (Lipinski definition) is 22. The van der Waals surface area contributed by atoms with Crippen LogP contribution in [0.2, 0.25) is 0 Å². The number of aromatic hydroxyl groups is 1. The number of aromatic amines is 1. The molecule has 0 radical (unpaired) electrons. The number of nitrogens with two attached hydrogens (primary N) is 3. The molecule has 1 aromatic heterocycles. The fourth-order valence-electron chi connectivity index (χ4n) is 12.4. The fourth-order valence-corrected chi connectivity index (χ4v) is 12.4. The van der Waals surface area contributed by atoms with Gasteiger partial charge in [0.05, 0.1) is 26.1 Å². The second-order valence-electron chi connectivity index (χ2n) is 28.1. The largest absolute Gasteiger partial charge is 0.508 e. The molecule has 0 spiro atoms. The normalized spacial score (nSPS) is 15.2. The van der Waals surface area contributed by atoms with E-state index in [9.17, 15) is 87.5 Å². The molecule has 1 aliphatic heterocycles. The van der Waals surface area contributed by atoms with E-state index in [0.717, 1.165) is 6.92 Å². The van der Waals surface area contributed by atoms with Gasteiger partial charge >= 0.3 is 5.97 Å². The van der Waals surface area contributed by atoms with Crippen molar-refractivity contribution in [1.29, 1.82) is 5.41 Å². The average Bonchev–Trinajstić information content (AvgIpc) is 1.65. The first kappa shape index (κ1) is 93.5. The number of imidazole rings is 1. The Hall–Kier alpha value is -12.1. The Morgan fingerprint density at radius 1 is 0.539 bits per heavy atom. The van der Waals surface area contributed by atoms with Crippen molar-refractivity contribution in [3.05, 3.63) is 120 Å². The molecule has 1 saturated heterocycles. The number of primary amides is 1. The number of unbranched alkanes of at least 4 members (excludes halogenated alkanes) is 2. The standard InChI is InChI=1S/C76H110N20O19/c1-5-6-21-50(88-73(113)59(41-98)94-70(110)56(36-47-25-27-49(100)28-26-47)92-72(112)58(40-97)85-44(4)99)66(106)89-52(29-30-62(102)103)68(108)93-57(37-48-38-81-42-84-48)71(111)87-51(23-15-32-82-76(79)80)67(107)91-55(35-46-19-11-8-12-20-46)69(109)90-54(34-45-17-9-7-10-18-45)65(105)83-39-61(101)86-53(22-13-14-31-77)75(115)96-33-16-24-60(96)74(114)95-63(43(2)3)64(78)104/h7-12,17-20,25-28,38,42-43,50-60,63,97-98,100H,5-6,13-16,21-24,29-37,39-41,77H2,1-4H3,(H2,78,104)(H,81,84)(H,83,105)(H,85,99)(H,86,101)(H,87,111)(H,88,113)(H,89,106)(H,90,109)(H,91,107)(H,92,112)(H,93,108)(H,94,110)(H,95,114)(H,102,103)(H4,79,80,82)/t50-,51-,52-,53-,54-,55-,56-,57-,58-,59-,60-,63-/m0/s1. The van der Waals surface area contributed by atoms with E-state index in [4.69, 9.17) is 22.6 Å². The first-order valence-corrected chi connectivity index (χ1v) is 38.1. The number of amides is 14. The third kappa shape index (κ3) is 32.5. The van der Waals surface area contributed by atoms with Crippen LogP contribution >= 0.6 is 0 Å². The molecule has 4 aromatic rings. The number of rotatable bonds is 50. The Morgan fingerprint density at radius 3 is 1.45 bits per heavy atom. The first-order valence-electron chi connectivity index (χ1n) is 38.1. The van der Waals surface area contributed by atoms with Crippen molar-refractivity contribution in [3.8, 4) is 5.75 Å². The van der Waals surface area contributed by atoms with Crippen molar-refractivity contribution >= 4 is 94.6 Å². The average molecular weight is 1610 g/mol. The summed E-state index contributed by atoms with van der Waals surface area (Å²) in [6.07, 6.45) is 2.15. The van der Waals surface area contributed by atoms with E-state index in [0.29, 0.717) is 42.4 Å². The van der Waals surface area contributed by atoms with Crippen molar-refractivity contribution in [1.82, 2.24) is 84.0 Å². The summed E-state index contributed by atoms with van der Waals surface area (Å²) in [5, 5.41) is 81.0. The minimum Gasteiger partial charge on any atom is -0.508 e. The van der Waals surface area contributed by atoms with Gasteiger partial charge in [-0.3, -0.25) is 77.3 Å². The number of carbonyl (C=O) groups is 15. The lowest BCUT2D eigenvalue weighted by atomic mass is 10.0. The van der Waals surface area contributed by atoms with Crippen LogP contribution in [0.5, 0.6) is 5.75 Å². The van der Waals surface area contributed by atoms with Crippen LogP contribution in [0, 0.1) is 11.3 Å². The summed E-state index contributed by atoms with van der Waals surface area (Å²) in [4.78, 5) is 216. The second-order valence-corrected chi connectivity index (χ2v) is 28.1. The lowest BCUT2D eigenvalue weighted by molar-refractivity contribution is -0.142. The van der Waals surface area contributed by atoms with Crippen LogP contribution < -0.4 is 86.3 Å². The smallest absolute Gasteiger partial charge is 0.303 e. The summed E-state index contributed by atoms with van der Waals surface area (Å²) in [6, 6.07) is 4.60. The number of H-pyrrole nitrogens is 1. The number of aromatic nitrogens is 2. The number of carboxylic acid groups (broad SMARTS) is 1. The number of aliphatic hydroxyl groups excluding tert-OH is 2. The number of carbonyl (C=O) groups excluding carboxylic acids is 14. The number of aliphatic hydroxyl groups is 2. The van der Waals surface area contributed by atoms with Crippen molar-refractivity contribution in [2.75, 3.05) is 39.4 Å². The molecular weight excluding hydrogens is 1500 g/mol. The summed E-state index contributed by atoms with van der Waals surface area (Å²) in [6.45, 7) is 3.98. The molecule has 25 N–H and O–H groups in total. The first-order chi connectivity index (χ1) is 54.8. The Bertz CT molecular complexity index is 3920. The number of likely N-dealkylation sites (tertiary alicyclic amines) is 1. The molecule has 0 bridgehead atoms. The third-order valence-electron chi connectivity index (χ3n) is 18.6. The minimum absolute atomic E-state index is 0.0187. The zero-order valence-corrected chi connectivity index (χ0v) is 64.8. The molecule has 0 unspecified atom stereocenters. The zero-order chi connectivity index (χ0) is 84.7. The second kappa shape index (κ2) is 48.7. The van der Waals surface area contributed by atoms with Crippen LogP contribution in [-0.2, 0) is 97.6 Å². The van der Waals surface area contributed by atoms with Crippen molar-refractivity contribution in [2.45, 2.75) is 203 Å². The molecule has 39 heteroatoms. The lowest BCUT2D eigenvalue weighted by Crippen LogP contribution is -2.61. The third-order valence-corrected chi connectivity index (χ3v) is 18.6. The van der Waals surface area contributed by atoms with Gasteiger partial charge in [0.25, 0.3) is 0 Å². The Morgan fingerprint density at radius 2 is 0.991 bits per heavy atom. The molecule has 12 atom stereocenters. The van der Waals surface area contributed by atoms with Gasteiger partial charge in [0.15, 0.2) is 5.96 Å². The Labute approximate surface area is 664 Å². The summed E-state index contributed by atoms with van der Waals surface area (Å²) >= 11 is 0. The number of nitrogens with one attached hydrogen (secondary N) is 15. The molecule has 14 amide bonds. The van der Waals surface area contributed by atoms with Crippen LogP contribution in [0.4, 0.5) is 0 Å². The number of benzene rings is 3. The molecule has 1 aliphatic rings. The van der Waals surface area contributed by atoms with Crippen molar-refractivity contribution in [2.24, 2.45) is 23.1 Å². The fraction of sp³-hybridized carbons (Fsp3) is 0.513. The quantitative estimate of drug-likeness (QED) is 0.0112. The zero-order valence-electron chi connectivity index (χ0n) is 64.8. The van der Waals surface area contributed by atoms with Crippen LogP contribution in [-0.4, -0.2) is 242 Å². The number of nitrogens with zero attached hydrogens (tertiary/aromatic N) is 2. The number of phenolic OH excluding ortho intramolecular Hbond substituents is 1. The summed E-state index contributed by atoms with van der Waals surface area (Å²) in [5.74, 6) is -15.0. The molecule has 1 fully saturated rings. The van der Waals surface area contributed by atoms with E-state index in [1.54, 1.807) is 81.4 Å². The lowest BCUT2D eigenvalue weighted by Gasteiger charge is -2.30. The van der Waals surface area contributed by atoms with E-state index in [2.05, 4.69) is 79.1 Å². The molecular formula is C76H110N20O19. The molecule has 2 heterocycles. The predicted octanol–water partition coefficient (Wildman–Crippen LogP) is -4.58. The van der Waals surface area contributed by atoms with Gasteiger partial charge in [-0.25, -0.2) is 4.98 Å². The topological polar surface area (TPSA) is 627 Å². The summed E-state index contributed by atoms with van der Waals surface area (Å²) in [5.41, 5.74) is 18.6. The van der Waals surface area contributed by atoms with E-state index in [-0.39, 0.29) is 94.8 Å². The Balaban J connectivity index is 1.40. The van der Waals surface area contributed by atoms with Crippen molar-refractivity contribution in [3.63, 3.8) is 0 Å². The molecule has 628 valence electrons. The highest BCUT2D eigenvalue weighted by molar-refractivity contribution is 6.00. The number of hydrogen-bond acceptors (Lipinski definition) is 21. The molecule has 115 heavy (non-hydrogen) atoms. The summed E-state index contributed by atoms with van der Waals surface area (Å²) < 4.78 is 0. The molecule has 5 rings (SSSR count). The van der Waals surface area contributed by atoms with Gasteiger partial charge in [-0.15, -0.1) is 0 Å². The maximum atomic E-state index is 15.0. The maximum Gasteiger partial charge on any atom is 0.303 e. The van der Waals surface area contributed by atoms with Gasteiger partial charge in [0.2, 0.25) is 82.7 Å². The number of aliphatic carboxylic acids is 1. The SMILES string of the molecule is CCCC[C@H](NC(=O)[C@H](CO)NC(=O)[C@H](Cc1ccc(O)cc1)NC(=O)[C@H](CO)NC(C)=O)C(=O)N[C@@H](CCC(=O)O)C(=O)N[C@@H](Cc1cnc[nH]1)C(=O)N[C@@H](CCCNC(=N)N)C(=O)N[C@@H](Cc1ccccc1)C(=O)N[C@@H](Cc1ccccc1)C(=O)NCC(=O)N[C@@H](CCCCN)C(=O)N1CCC[C@H]1C(=O)N[C@H](C(N)=O)C(C)C. The van der Waals surface area contributed by atoms with Crippen LogP contribution in [0.1, 0.15) is 127 Å². The van der Waals surface area contributed by atoms with Gasteiger partial charge in [-0.05, 0) is 99.1 Å². The van der Waals surface area contributed by atoms with Crippen LogP contribution in [0.15, 0.2) is 97.5 Å². The highest BCUT2D eigenvalue weighted by Gasteiger charge is 2.41. The molecule has 3 aromatic carbocycles. The Kier molecular flexibility index (Phi) is 39.6. The highest BCUT2D eigenvalue weighted by atomic mass is 16.4. The van der Waals surface area contributed by atoms with Gasteiger partial charge in [-0.2, -0.15) is 0 Å². The van der Waals surface area contributed by atoms with E-state index >= 15 is 4.79 Å². The van der Waals surface area contributed by atoms with Crippen molar-refractivity contribution < 1.29 is 92.3 Å². The van der Waals surface area contributed by atoms with E-state index < -0.39 is 206 Å². The monoisotopic (exact) mass is 1610 g/mol. The van der Waals surface area contributed by atoms with Gasteiger partial charge in [0, 0.05) is 64.0 Å². The van der Waals surface area contributed by atoms with E-state index in [1.807, 2.05) is 0 Å². The molecule has 39 nitrogen and oxygen atoms in total. The van der Waals surface area contributed by atoms with Crippen LogP contribution in [0.3, 0.4) is 0 Å². The predicted molar refractivity (Wildman–Crippen MR) is 416 cm³/mol. The molecule has 0 saturated carbocycles. The summed E-state index contributed by atoms with van der Waals surface area (Å²) in [7, 11) is 0. The molecule has 0 aliphatic carbocycles. The van der Waals surface area contributed by atoms with Gasteiger partial charge < -0.3 is 117 Å².